The highest BCUT2D eigenvalue weighted by Gasteiger charge is 2.30. The molecule has 1 atom stereocenters. The number of likely N-dealkylation sites (N-methyl/N-ethyl adjacent to an activating group) is 1. The summed E-state index contributed by atoms with van der Waals surface area (Å²) in [5.74, 6) is 0.483. The molecular formula is C18H33ClN4O2. The molecule has 2 heterocycles. The van der Waals surface area contributed by atoms with Gasteiger partial charge in [-0.3, -0.25) is 14.5 Å². The first-order valence-corrected chi connectivity index (χ1v) is 9.65. The second-order valence-corrected chi connectivity index (χ2v) is 7.55. The van der Waals surface area contributed by atoms with Gasteiger partial charge in [0.25, 0.3) is 0 Å². The fourth-order valence-electron chi connectivity index (χ4n) is 4.22. The van der Waals surface area contributed by atoms with Crippen LogP contribution in [-0.4, -0.2) is 84.9 Å². The maximum absolute atomic E-state index is 12.5. The van der Waals surface area contributed by atoms with Crippen molar-refractivity contribution in [2.75, 3.05) is 46.3 Å². The minimum atomic E-state index is 0. The van der Waals surface area contributed by atoms with Crippen molar-refractivity contribution in [3.05, 3.63) is 0 Å². The van der Waals surface area contributed by atoms with Crippen molar-refractivity contribution >= 4 is 24.2 Å². The summed E-state index contributed by atoms with van der Waals surface area (Å²) in [6.45, 7) is 4.56. The Labute approximate surface area is 157 Å². The standard InChI is InChI=1S/C18H32N4O2.ClH/c1-20(15-6-3-2-4-7-15)17(23)14-21-10-12-22(13-11-21)18(24)16-8-5-9-19-16;/h15-16,19H,2-14H2,1H3;1H/t16-;/m0./s1. The lowest BCUT2D eigenvalue weighted by molar-refractivity contribution is -0.136. The number of piperazine rings is 1. The number of hydrogen-bond donors (Lipinski definition) is 1. The zero-order chi connectivity index (χ0) is 16.9. The molecule has 1 saturated carbocycles. The van der Waals surface area contributed by atoms with Crippen molar-refractivity contribution < 1.29 is 9.59 Å². The van der Waals surface area contributed by atoms with E-state index in [9.17, 15) is 9.59 Å². The molecule has 3 aliphatic rings. The molecule has 25 heavy (non-hydrogen) atoms. The molecule has 6 nitrogen and oxygen atoms in total. The number of carbonyl (C=O) groups excluding carboxylic acids is 2. The van der Waals surface area contributed by atoms with Gasteiger partial charge in [-0.05, 0) is 32.2 Å². The Hall–Kier alpha value is -0.850. The van der Waals surface area contributed by atoms with Crippen molar-refractivity contribution in [3.63, 3.8) is 0 Å². The van der Waals surface area contributed by atoms with E-state index in [1.165, 1.54) is 19.3 Å². The molecule has 144 valence electrons. The Morgan fingerprint density at radius 3 is 2.28 bits per heavy atom. The van der Waals surface area contributed by atoms with E-state index in [1.807, 2.05) is 16.8 Å². The van der Waals surface area contributed by atoms with Crippen molar-refractivity contribution in [3.8, 4) is 0 Å². The van der Waals surface area contributed by atoms with Crippen molar-refractivity contribution in [1.29, 1.82) is 0 Å². The predicted molar refractivity (Wildman–Crippen MR) is 101 cm³/mol. The molecule has 0 radical (unpaired) electrons. The number of carbonyl (C=O) groups is 2. The third kappa shape index (κ3) is 5.31. The second-order valence-electron chi connectivity index (χ2n) is 7.55. The molecule has 2 aliphatic heterocycles. The Morgan fingerprint density at radius 1 is 1.00 bits per heavy atom. The molecule has 3 rings (SSSR count). The van der Waals surface area contributed by atoms with E-state index in [-0.39, 0.29) is 30.3 Å². The van der Waals surface area contributed by atoms with E-state index < -0.39 is 0 Å². The molecule has 3 fully saturated rings. The summed E-state index contributed by atoms with van der Waals surface area (Å²) >= 11 is 0. The highest BCUT2D eigenvalue weighted by Crippen LogP contribution is 2.21. The van der Waals surface area contributed by atoms with Gasteiger partial charge in [-0.1, -0.05) is 19.3 Å². The topological polar surface area (TPSA) is 55.9 Å². The van der Waals surface area contributed by atoms with Crippen LogP contribution < -0.4 is 5.32 Å². The highest BCUT2D eigenvalue weighted by molar-refractivity contribution is 5.85. The van der Waals surface area contributed by atoms with Crippen LogP contribution in [0.3, 0.4) is 0 Å². The van der Waals surface area contributed by atoms with Crippen LogP contribution in [0.5, 0.6) is 0 Å². The summed E-state index contributed by atoms with van der Waals surface area (Å²) in [5, 5.41) is 3.28. The molecule has 7 heteroatoms. The predicted octanol–water partition coefficient (Wildman–Crippen LogP) is 1.10. The van der Waals surface area contributed by atoms with Crippen molar-refractivity contribution in [1.82, 2.24) is 20.0 Å². The highest BCUT2D eigenvalue weighted by atomic mass is 35.5. The van der Waals surface area contributed by atoms with Crippen LogP contribution in [0.4, 0.5) is 0 Å². The number of rotatable bonds is 4. The zero-order valence-corrected chi connectivity index (χ0v) is 16.2. The van der Waals surface area contributed by atoms with Gasteiger partial charge in [0.05, 0.1) is 12.6 Å². The molecular weight excluding hydrogens is 340 g/mol. The normalized spacial score (nSPS) is 25.5. The lowest BCUT2D eigenvalue weighted by Gasteiger charge is -2.37. The van der Waals surface area contributed by atoms with E-state index in [0.29, 0.717) is 12.6 Å². The van der Waals surface area contributed by atoms with Gasteiger partial charge in [0.15, 0.2) is 0 Å². The van der Waals surface area contributed by atoms with E-state index in [4.69, 9.17) is 0 Å². The molecule has 0 unspecified atom stereocenters. The summed E-state index contributed by atoms with van der Waals surface area (Å²) in [7, 11) is 1.96. The largest absolute Gasteiger partial charge is 0.342 e. The molecule has 2 saturated heterocycles. The van der Waals surface area contributed by atoms with Crippen LogP contribution in [0.25, 0.3) is 0 Å². The van der Waals surface area contributed by atoms with Crippen LogP contribution in [-0.2, 0) is 9.59 Å². The number of nitrogens with one attached hydrogen (secondary N) is 1. The van der Waals surface area contributed by atoms with Gasteiger partial charge in [-0.15, -0.1) is 12.4 Å². The van der Waals surface area contributed by atoms with Gasteiger partial charge in [-0.2, -0.15) is 0 Å². The Bertz CT molecular complexity index is 442. The maximum Gasteiger partial charge on any atom is 0.239 e. The average Bonchev–Trinajstić information content (AvgIpc) is 3.16. The summed E-state index contributed by atoms with van der Waals surface area (Å²) in [6, 6.07) is 0.457. The monoisotopic (exact) mass is 372 g/mol. The molecule has 0 spiro atoms. The van der Waals surface area contributed by atoms with Gasteiger partial charge in [0.1, 0.15) is 0 Å². The second kappa shape index (κ2) is 9.74. The molecule has 0 aromatic carbocycles. The van der Waals surface area contributed by atoms with E-state index in [0.717, 1.165) is 58.4 Å². The van der Waals surface area contributed by atoms with Gasteiger partial charge in [0.2, 0.25) is 11.8 Å². The zero-order valence-electron chi connectivity index (χ0n) is 15.4. The van der Waals surface area contributed by atoms with Crippen LogP contribution >= 0.6 is 12.4 Å². The maximum atomic E-state index is 12.5. The van der Waals surface area contributed by atoms with Crippen LogP contribution in [0.2, 0.25) is 0 Å². The summed E-state index contributed by atoms with van der Waals surface area (Å²) < 4.78 is 0. The van der Waals surface area contributed by atoms with Crippen LogP contribution in [0.1, 0.15) is 44.9 Å². The summed E-state index contributed by atoms with van der Waals surface area (Å²) in [5.41, 5.74) is 0. The number of nitrogens with zero attached hydrogens (tertiary/aromatic N) is 3. The molecule has 1 N–H and O–H groups in total. The molecule has 1 aliphatic carbocycles. The smallest absolute Gasteiger partial charge is 0.239 e. The minimum Gasteiger partial charge on any atom is -0.342 e. The van der Waals surface area contributed by atoms with Crippen LogP contribution in [0, 0.1) is 0 Å². The lowest BCUT2D eigenvalue weighted by Crippen LogP contribution is -2.55. The van der Waals surface area contributed by atoms with Crippen molar-refractivity contribution in [2.24, 2.45) is 0 Å². The first-order valence-electron chi connectivity index (χ1n) is 9.65. The average molecular weight is 373 g/mol. The third-order valence-corrected chi connectivity index (χ3v) is 5.92. The number of hydrogen-bond acceptors (Lipinski definition) is 4. The molecule has 0 aromatic rings. The Kier molecular flexibility index (Phi) is 7.97. The Morgan fingerprint density at radius 2 is 1.68 bits per heavy atom. The van der Waals surface area contributed by atoms with Gasteiger partial charge in [-0.25, -0.2) is 0 Å². The van der Waals surface area contributed by atoms with Gasteiger partial charge >= 0.3 is 0 Å². The van der Waals surface area contributed by atoms with Gasteiger partial charge in [0, 0.05) is 39.3 Å². The quantitative estimate of drug-likeness (QED) is 0.802. The fraction of sp³-hybridized carbons (Fsp3) is 0.889. The molecule has 2 amide bonds. The van der Waals surface area contributed by atoms with E-state index in [2.05, 4.69) is 10.2 Å². The summed E-state index contributed by atoms with van der Waals surface area (Å²) in [4.78, 5) is 31.1. The molecule has 0 bridgehead atoms. The molecule has 0 aromatic heterocycles. The first-order chi connectivity index (χ1) is 11.6. The van der Waals surface area contributed by atoms with Crippen molar-refractivity contribution in [2.45, 2.75) is 57.0 Å². The minimum absolute atomic E-state index is 0. The van der Waals surface area contributed by atoms with Crippen LogP contribution in [0.15, 0.2) is 0 Å². The lowest BCUT2D eigenvalue weighted by atomic mass is 9.94. The van der Waals surface area contributed by atoms with Gasteiger partial charge < -0.3 is 15.1 Å². The number of amides is 2. The summed E-state index contributed by atoms with van der Waals surface area (Å²) in [6.07, 6.45) is 8.17. The first kappa shape index (κ1) is 20.5. The van der Waals surface area contributed by atoms with E-state index >= 15 is 0 Å². The van der Waals surface area contributed by atoms with E-state index in [1.54, 1.807) is 0 Å². The fourth-order valence-corrected chi connectivity index (χ4v) is 4.22. The third-order valence-electron chi connectivity index (χ3n) is 5.92. The Balaban J connectivity index is 0.00000225. The SMILES string of the molecule is CN(C(=O)CN1CCN(C(=O)[C@@H]2CCCN2)CC1)C1CCCCC1.Cl. The number of halogens is 1.